The Hall–Kier alpha value is -0.280. The maximum absolute atomic E-state index is 12.5. The first kappa shape index (κ1) is 16.8. The summed E-state index contributed by atoms with van der Waals surface area (Å²) in [7, 11) is 0. The number of amides is 1. The summed E-state index contributed by atoms with van der Waals surface area (Å²) < 4.78 is 0. The summed E-state index contributed by atoms with van der Waals surface area (Å²) in [5.74, 6) is 2.66. The molecule has 2 aliphatic rings. The summed E-state index contributed by atoms with van der Waals surface area (Å²) in [4.78, 5) is 14.6. The minimum atomic E-state index is 0. The zero-order valence-electron chi connectivity index (χ0n) is 12.5. The van der Waals surface area contributed by atoms with Crippen LogP contribution in [0.4, 0.5) is 0 Å². The predicted octanol–water partition coefficient (Wildman–Crippen LogP) is 2.55. The fraction of sp³-hybridized carbons (Fsp3) is 0.933. The van der Waals surface area contributed by atoms with E-state index in [0.29, 0.717) is 11.8 Å². The number of nitrogens with one attached hydrogen (secondary N) is 1. The van der Waals surface area contributed by atoms with Crippen LogP contribution in [0.3, 0.4) is 0 Å². The molecular formula is C15H29ClN2O. The van der Waals surface area contributed by atoms with Crippen LogP contribution in [0.5, 0.6) is 0 Å². The van der Waals surface area contributed by atoms with Crippen molar-refractivity contribution in [3.05, 3.63) is 0 Å². The molecule has 2 saturated heterocycles. The number of carbonyl (C=O) groups excluding carboxylic acids is 1. The molecule has 2 aliphatic heterocycles. The van der Waals surface area contributed by atoms with Gasteiger partial charge in [0.05, 0.1) is 0 Å². The first-order valence-electron chi connectivity index (χ1n) is 7.57. The number of piperidine rings is 1. The van der Waals surface area contributed by atoms with Gasteiger partial charge in [-0.25, -0.2) is 0 Å². The van der Waals surface area contributed by atoms with Gasteiger partial charge in [-0.1, -0.05) is 20.8 Å². The highest BCUT2D eigenvalue weighted by Gasteiger charge is 2.33. The Balaban J connectivity index is 0.00000180. The Bertz CT molecular complexity index is 292. The van der Waals surface area contributed by atoms with Gasteiger partial charge in [0.25, 0.3) is 0 Å². The lowest BCUT2D eigenvalue weighted by Gasteiger charge is -2.38. The number of nitrogens with zero attached hydrogens (tertiary/aromatic N) is 1. The predicted molar refractivity (Wildman–Crippen MR) is 81.5 cm³/mol. The summed E-state index contributed by atoms with van der Waals surface area (Å²) in [6.45, 7) is 10.7. The average molecular weight is 289 g/mol. The van der Waals surface area contributed by atoms with Crippen LogP contribution >= 0.6 is 12.4 Å². The highest BCUT2D eigenvalue weighted by Crippen LogP contribution is 2.26. The van der Waals surface area contributed by atoms with E-state index in [4.69, 9.17) is 0 Å². The Morgan fingerprint density at radius 1 is 1.32 bits per heavy atom. The standard InChI is InChI=1S/C15H28N2O.ClH/c1-11(2)7-13-5-4-6-17(10-13)15(18)12(3)14-8-16-9-14;/h11-14,16H,4-10H2,1-3H3;1H. The third-order valence-corrected chi connectivity index (χ3v) is 4.55. The van der Waals surface area contributed by atoms with Crippen LogP contribution in [0.25, 0.3) is 0 Å². The maximum atomic E-state index is 12.5. The number of carbonyl (C=O) groups is 1. The second-order valence-electron chi connectivity index (χ2n) is 6.63. The molecule has 2 heterocycles. The Morgan fingerprint density at radius 2 is 2.00 bits per heavy atom. The van der Waals surface area contributed by atoms with E-state index >= 15 is 0 Å². The second kappa shape index (κ2) is 7.49. The van der Waals surface area contributed by atoms with Crippen molar-refractivity contribution in [3.63, 3.8) is 0 Å². The fourth-order valence-corrected chi connectivity index (χ4v) is 3.28. The molecule has 0 aliphatic carbocycles. The van der Waals surface area contributed by atoms with Crippen molar-refractivity contribution in [2.45, 2.75) is 40.0 Å². The van der Waals surface area contributed by atoms with Crippen molar-refractivity contribution in [2.75, 3.05) is 26.2 Å². The van der Waals surface area contributed by atoms with Crippen LogP contribution in [-0.2, 0) is 4.79 Å². The lowest BCUT2D eigenvalue weighted by Crippen LogP contribution is -2.52. The third kappa shape index (κ3) is 4.35. The van der Waals surface area contributed by atoms with E-state index in [1.807, 2.05) is 0 Å². The largest absolute Gasteiger partial charge is 0.342 e. The maximum Gasteiger partial charge on any atom is 0.225 e. The van der Waals surface area contributed by atoms with E-state index in [-0.39, 0.29) is 18.3 Å². The Kier molecular flexibility index (Phi) is 6.61. The number of halogens is 1. The van der Waals surface area contributed by atoms with Crippen LogP contribution in [0.15, 0.2) is 0 Å². The van der Waals surface area contributed by atoms with E-state index in [2.05, 4.69) is 31.0 Å². The number of hydrogen-bond donors (Lipinski definition) is 1. The number of rotatable bonds is 4. The molecule has 0 aromatic rings. The van der Waals surface area contributed by atoms with E-state index in [1.165, 1.54) is 19.3 Å². The highest BCUT2D eigenvalue weighted by atomic mass is 35.5. The number of likely N-dealkylation sites (tertiary alicyclic amines) is 1. The van der Waals surface area contributed by atoms with Crippen LogP contribution in [0.2, 0.25) is 0 Å². The Morgan fingerprint density at radius 3 is 2.53 bits per heavy atom. The summed E-state index contributed by atoms with van der Waals surface area (Å²) in [5, 5.41) is 3.26. The smallest absolute Gasteiger partial charge is 0.225 e. The quantitative estimate of drug-likeness (QED) is 0.862. The van der Waals surface area contributed by atoms with Crippen molar-refractivity contribution in [2.24, 2.45) is 23.7 Å². The van der Waals surface area contributed by atoms with Crippen LogP contribution in [0.1, 0.15) is 40.0 Å². The van der Waals surface area contributed by atoms with Crippen molar-refractivity contribution in [1.82, 2.24) is 10.2 Å². The highest BCUT2D eigenvalue weighted by molar-refractivity contribution is 5.85. The molecule has 112 valence electrons. The SMILES string of the molecule is CC(C)CC1CCCN(C(=O)C(C)C2CNC2)C1.Cl. The molecule has 2 rings (SSSR count). The molecule has 4 heteroatoms. The molecule has 0 aromatic carbocycles. The van der Waals surface area contributed by atoms with Gasteiger partial charge < -0.3 is 10.2 Å². The zero-order chi connectivity index (χ0) is 13.1. The lowest BCUT2D eigenvalue weighted by molar-refractivity contribution is -0.139. The summed E-state index contributed by atoms with van der Waals surface area (Å²) >= 11 is 0. The molecule has 2 atom stereocenters. The molecule has 0 bridgehead atoms. The minimum absolute atomic E-state index is 0. The molecule has 0 saturated carbocycles. The van der Waals surface area contributed by atoms with Crippen molar-refractivity contribution < 1.29 is 4.79 Å². The third-order valence-electron chi connectivity index (χ3n) is 4.55. The molecule has 0 radical (unpaired) electrons. The molecule has 2 fully saturated rings. The number of hydrogen-bond acceptors (Lipinski definition) is 2. The molecular weight excluding hydrogens is 260 g/mol. The fourth-order valence-electron chi connectivity index (χ4n) is 3.28. The molecule has 3 nitrogen and oxygen atoms in total. The normalized spacial score (nSPS) is 25.7. The summed E-state index contributed by atoms with van der Waals surface area (Å²) in [6, 6.07) is 0. The van der Waals surface area contributed by atoms with E-state index in [0.717, 1.165) is 38.0 Å². The van der Waals surface area contributed by atoms with Gasteiger partial charge in [0, 0.05) is 19.0 Å². The van der Waals surface area contributed by atoms with Crippen LogP contribution < -0.4 is 5.32 Å². The molecule has 2 unspecified atom stereocenters. The molecule has 19 heavy (non-hydrogen) atoms. The topological polar surface area (TPSA) is 32.3 Å². The van der Waals surface area contributed by atoms with Gasteiger partial charge in [0.2, 0.25) is 5.91 Å². The van der Waals surface area contributed by atoms with Gasteiger partial charge in [0.15, 0.2) is 0 Å². The van der Waals surface area contributed by atoms with E-state index < -0.39 is 0 Å². The minimum Gasteiger partial charge on any atom is -0.342 e. The van der Waals surface area contributed by atoms with Gasteiger partial charge in [-0.3, -0.25) is 4.79 Å². The van der Waals surface area contributed by atoms with Gasteiger partial charge in [0.1, 0.15) is 0 Å². The second-order valence-corrected chi connectivity index (χ2v) is 6.63. The molecule has 1 amide bonds. The lowest BCUT2D eigenvalue weighted by atomic mass is 9.85. The van der Waals surface area contributed by atoms with Gasteiger partial charge in [-0.05, 0) is 50.1 Å². The molecule has 0 aromatic heterocycles. The summed E-state index contributed by atoms with van der Waals surface area (Å²) in [6.07, 6.45) is 3.77. The van der Waals surface area contributed by atoms with E-state index in [1.54, 1.807) is 0 Å². The monoisotopic (exact) mass is 288 g/mol. The van der Waals surface area contributed by atoms with E-state index in [9.17, 15) is 4.79 Å². The van der Waals surface area contributed by atoms with Gasteiger partial charge in [-0.15, -0.1) is 12.4 Å². The first-order valence-corrected chi connectivity index (χ1v) is 7.57. The van der Waals surface area contributed by atoms with Crippen molar-refractivity contribution >= 4 is 18.3 Å². The molecule has 1 N–H and O–H groups in total. The van der Waals surface area contributed by atoms with Crippen LogP contribution in [0, 0.1) is 23.7 Å². The first-order chi connectivity index (χ1) is 8.58. The summed E-state index contributed by atoms with van der Waals surface area (Å²) in [5.41, 5.74) is 0. The zero-order valence-corrected chi connectivity index (χ0v) is 13.3. The van der Waals surface area contributed by atoms with Gasteiger partial charge >= 0.3 is 0 Å². The van der Waals surface area contributed by atoms with Crippen molar-refractivity contribution in [1.29, 1.82) is 0 Å². The Labute approximate surface area is 123 Å². The average Bonchev–Trinajstić information content (AvgIpc) is 2.25. The van der Waals surface area contributed by atoms with Gasteiger partial charge in [-0.2, -0.15) is 0 Å². The van der Waals surface area contributed by atoms with Crippen LogP contribution in [-0.4, -0.2) is 37.0 Å². The molecule has 0 spiro atoms. The van der Waals surface area contributed by atoms with Crippen molar-refractivity contribution in [3.8, 4) is 0 Å².